The van der Waals surface area contributed by atoms with Gasteiger partial charge in [0.2, 0.25) is 0 Å². The summed E-state index contributed by atoms with van der Waals surface area (Å²) in [6.07, 6.45) is 0.761. The van der Waals surface area contributed by atoms with Crippen LogP contribution in [-0.4, -0.2) is 6.04 Å². The Bertz CT molecular complexity index is 608. The first kappa shape index (κ1) is 14.9. The summed E-state index contributed by atoms with van der Waals surface area (Å²) in [7, 11) is 0. The van der Waals surface area contributed by atoms with Crippen LogP contribution >= 0.6 is 11.6 Å². The quantitative estimate of drug-likeness (QED) is 0.890. The fourth-order valence-electron chi connectivity index (χ4n) is 2.07. The third kappa shape index (κ3) is 3.75. The van der Waals surface area contributed by atoms with Gasteiger partial charge in [-0.25, -0.2) is 0 Å². The highest BCUT2D eigenvalue weighted by molar-refractivity contribution is 6.30. The van der Waals surface area contributed by atoms with Gasteiger partial charge in [0.25, 0.3) is 0 Å². The molecule has 0 saturated heterocycles. The van der Waals surface area contributed by atoms with Gasteiger partial charge in [0.15, 0.2) is 0 Å². The molecule has 0 fully saturated rings. The maximum atomic E-state index is 6.08. The van der Waals surface area contributed by atoms with E-state index in [2.05, 4.69) is 12.1 Å². The van der Waals surface area contributed by atoms with Gasteiger partial charge in [-0.2, -0.15) is 0 Å². The largest absolute Gasteiger partial charge is 0.457 e. The van der Waals surface area contributed by atoms with Crippen molar-refractivity contribution in [2.45, 2.75) is 33.2 Å². The van der Waals surface area contributed by atoms with Crippen LogP contribution < -0.4 is 10.5 Å². The van der Waals surface area contributed by atoms with Gasteiger partial charge in [0.1, 0.15) is 11.5 Å². The molecule has 0 heterocycles. The zero-order valence-corrected chi connectivity index (χ0v) is 12.9. The number of benzene rings is 2. The minimum atomic E-state index is 0.0807. The smallest absolute Gasteiger partial charge is 0.132 e. The van der Waals surface area contributed by atoms with Crippen molar-refractivity contribution in [3.63, 3.8) is 0 Å². The lowest BCUT2D eigenvalue weighted by atomic mass is 10.1. The highest BCUT2D eigenvalue weighted by atomic mass is 35.5. The molecule has 0 bridgehead atoms. The standard InChI is InChI=1S/C17H20ClNO/c1-11-4-5-12(2)16(8-11)20-17-10-15(18)7-6-14(17)9-13(3)19/h4-8,10,13H,9,19H2,1-3H3. The Kier molecular flexibility index (Phi) is 4.69. The van der Waals surface area contributed by atoms with E-state index in [0.29, 0.717) is 5.02 Å². The van der Waals surface area contributed by atoms with Crippen LogP contribution in [0.3, 0.4) is 0 Å². The number of aryl methyl sites for hydroxylation is 2. The second-order valence-corrected chi connectivity index (χ2v) is 5.74. The van der Waals surface area contributed by atoms with Gasteiger partial charge in [0, 0.05) is 11.1 Å². The molecule has 20 heavy (non-hydrogen) atoms. The van der Waals surface area contributed by atoms with Crippen LogP contribution in [0.5, 0.6) is 11.5 Å². The molecule has 0 saturated carbocycles. The molecular formula is C17H20ClNO. The summed E-state index contributed by atoms with van der Waals surface area (Å²) in [5, 5.41) is 0.665. The summed E-state index contributed by atoms with van der Waals surface area (Å²) in [6, 6.07) is 11.9. The molecule has 0 aromatic heterocycles. The Morgan fingerprint density at radius 2 is 1.85 bits per heavy atom. The van der Waals surface area contributed by atoms with E-state index >= 15 is 0 Å². The van der Waals surface area contributed by atoms with Crippen LogP contribution in [0.4, 0.5) is 0 Å². The van der Waals surface area contributed by atoms with E-state index in [0.717, 1.165) is 29.0 Å². The first-order chi connectivity index (χ1) is 9.45. The first-order valence-corrected chi connectivity index (χ1v) is 7.12. The summed E-state index contributed by atoms with van der Waals surface area (Å²) in [5.41, 5.74) is 9.23. The Balaban J connectivity index is 2.36. The SMILES string of the molecule is Cc1ccc(C)c(Oc2cc(Cl)ccc2CC(C)N)c1. The highest BCUT2D eigenvalue weighted by Gasteiger charge is 2.10. The van der Waals surface area contributed by atoms with Crippen LogP contribution in [0, 0.1) is 13.8 Å². The molecule has 1 atom stereocenters. The Hall–Kier alpha value is -1.51. The summed E-state index contributed by atoms with van der Waals surface area (Å²) >= 11 is 6.08. The van der Waals surface area contributed by atoms with E-state index in [9.17, 15) is 0 Å². The lowest BCUT2D eigenvalue weighted by molar-refractivity contribution is 0.470. The van der Waals surface area contributed by atoms with Crippen molar-refractivity contribution in [3.8, 4) is 11.5 Å². The zero-order valence-electron chi connectivity index (χ0n) is 12.1. The molecule has 0 radical (unpaired) electrons. The molecule has 2 aromatic carbocycles. The molecule has 2 aromatic rings. The van der Waals surface area contributed by atoms with Crippen LogP contribution in [-0.2, 0) is 6.42 Å². The number of hydrogen-bond donors (Lipinski definition) is 1. The van der Waals surface area contributed by atoms with E-state index in [-0.39, 0.29) is 6.04 Å². The molecule has 0 aliphatic heterocycles. The topological polar surface area (TPSA) is 35.2 Å². The van der Waals surface area contributed by atoms with Gasteiger partial charge in [-0.05, 0) is 62.1 Å². The molecule has 2 rings (SSSR count). The summed E-state index contributed by atoms with van der Waals surface area (Å²) in [6.45, 7) is 6.06. The maximum Gasteiger partial charge on any atom is 0.132 e. The number of nitrogens with two attached hydrogens (primary N) is 1. The first-order valence-electron chi connectivity index (χ1n) is 6.75. The number of hydrogen-bond acceptors (Lipinski definition) is 2. The van der Waals surface area contributed by atoms with Crippen LogP contribution in [0.2, 0.25) is 5.02 Å². The molecule has 0 aliphatic rings. The Morgan fingerprint density at radius 3 is 2.55 bits per heavy atom. The van der Waals surface area contributed by atoms with Gasteiger partial charge < -0.3 is 10.5 Å². The van der Waals surface area contributed by atoms with Crippen molar-refractivity contribution >= 4 is 11.6 Å². The van der Waals surface area contributed by atoms with Crippen LogP contribution in [0.15, 0.2) is 36.4 Å². The Morgan fingerprint density at radius 1 is 1.10 bits per heavy atom. The van der Waals surface area contributed by atoms with Crippen molar-refractivity contribution in [1.29, 1.82) is 0 Å². The molecule has 2 N–H and O–H groups in total. The number of rotatable bonds is 4. The van der Waals surface area contributed by atoms with Crippen molar-refractivity contribution in [2.24, 2.45) is 5.73 Å². The van der Waals surface area contributed by atoms with Crippen molar-refractivity contribution in [2.75, 3.05) is 0 Å². The monoisotopic (exact) mass is 289 g/mol. The van der Waals surface area contributed by atoms with Crippen LogP contribution in [0.1, 0.15) is 23.6 Å². The molecule has 2 nitrogen and oxygen atoms in total. The fourth-order valence-corrected chi connectivity index (χ4v) is 2.24. The van der Waals surface area contributed by atoms with Gasteiger partial charge in [-0.1, -0.05) is 29.8 Å². The molecular weight excluding hydrogens is 270 g/mol. The molecule has 106 valence electrons. The van der Waals surface area contributed by atoms with E-state index < -0.39 is 0 Å². The van der Waals surface area contributed by atoms with Gasteiger partial charge in [-0.15, -0.1) is 0 Å². The maximum absolute atomic E-state index is 6.08. The van der Waals surface area contributed by atoms with Gasteiger partial charge in [-0.3, -0.25) is 0 Å². The predicted octanol–water partition coefficient (Wildman–Crippen LogP) is 4.64. The van der Waals surface area contributed by atoms with Crippen LogP contribution in [0.25, 0.3) is 0 Å². The average molecular weight is 290 g/mol. The minimum Gasteiger partial charge on any atom is -0.457 e. The second kappa shape index (κ2) is 6.29. The lowest BCUT2D eigenvalue weighted by Crippen LogP contribution is -2.18. The van der Waals surface area contributed by atoms with Gasteiger partial charge >= 0.3 is 0 Å². The highest BCUT2D eigenvalue weighted by Crippen LogP contribution is 2.31. The van der Waals surface area contributed by atoms with Crippen molar-refractivity contribution < 1.29 is 4.74 Å². The molecule has 0 spiro atoms. The molecule has 0 amide bonds. The predicted molar refractivity (Wildman–Crippen MR) is 84.8 cm³/mol. The summed E-state index contributed by atoms with van der Waals surface area (Å²) in [4.78, 5) is 0. The van der Waals surface area contributed by atoms with Crippen molar-refractivity contribution in [1.82, 2.24) is 0 Å². The van der Waals surface area contributed by atoms with E-state index in [1.165, 1.54) is 5.56 Å². The molecule has 0 aliphatic carbocycles. The second-order valence-electron chi connectivity index (χ2n) is 5.30. The Labute approximate surface area is 125 Å². The zero-order chi connectivity index (χ0) is 14.7. The van der Waals surface area contributed by atoms with E-state index in [1.54, 1.807) is 0 Å². The third-order valence-electron chi connectivity index (χ3n) is 3.13. The molecule has 3 heteroatoms. The summed E-state index contributed by atoms with van der Waals surface area (Å²) in [5.74, 6) is 1.64. The summed E-state index contributed by atoms with van der Waals surface area (Å²) < 4.78 is 6.06. The van der Waals surface area contributed by atoms with E-state index in [1.807, 2.05) is 45.0 Å². The number of ether oxygens (including phenoxy) is 1. The average Bonchev–Trinajstić information content (AvgIpc) is 2.37. The van der Waals surface area contributed by atoms with Crippen molar-refractivity contribution in [3.05, 3.63) is 58.1 Å². The number of halogens is 1. The fraction of sp³-hybridized carbons (Fsp3) is 0.294. The van der Waals surface area contributed by atoms with Gasteiger partial charge in [0.05, 0.1) is 0 Å². The van der Waals surface area contributed by atoms with E-state index in [4.69, 9.17) is 22.1 Å². The third-order valence-corrected chi connectivity index (χ3v) is 3.37. The normalized spacial score (nSPS) is 12.2. The lowest BCUT2D eigenvalue weighted by Gasteiger charge is -2.15. The minimum absolute atomic E-state index is 0.0807. The molecule has 1 unspecified atom stereocenters.